The van der Waals surface area contributed by atoms with Crippen molar-refractivity contribution in [3.05, 3.63) is 64.8 Å². The first-order valence-electron chi connectivity index (χ1n) is 8.84. The molecular formula is C21H20ClN3O3. The standard InChI is InChI=1S/C21H20ClN3O3/c1-3-28-17-7-5-16(6-8-17)25-20(26)12-23-21(27)18-11-14-10-15(22)4-9-19(14)24-13(18)2/h4-11H,3,12H2,1-2H3,(H,23,27)(H,25,26). The zero-order valence-corrected chi connectivity index (χ0v) is 16.3. The molecule has 0 saturated carbocycles. The predicted octanol–water partition coefficient (Wildman–Crippen LogP) is 3.96. The molecule has 0 fully saturated rings. The summed E-state index contributed by atoms with van der Waals surface area (Å²) < 4.78 is 5.36. The van der Waals surface area contributed by atoms with Gasteiger partial charge in [0.2, 0.25) is 5.91 Å². The molecule has 7 heteroatoms. The zero-order valence-electron chi connectivity index (χ0n) is 15.6. The molecule has 0 radical (unpaired) electrons. The largest absolute Gasteiger partial charge is 0.494 e. The number of aromatic nitrogens is 1. The Labute approximate surface area is 167 Å². The first-order chi connectivity index (χ1) is 13.5. The van der Waals surface area contributed by atoms with E-state index in [1.165, 1.54) is 0 Å². The molecule has 28 heavy (non-hydrogen) atoms. The van der Waals surface area contributed by atoms with Crippen molar-refractivity contribution in [2.24, 2.45) is 0 Å². The van der Waals surface area contributed by atoms with Crippen LogP contribution in [0, 0.1) is 6.92 Å². The molecule has 0 unspecified atom stereocenters. The lowest BCUT2D eigenvalue weighted by Gasteiger charge is -2.10. The maximum atomic E-state index is 12.5. The highest BCUT2D eigenvalue weighted by Gasteiger charge is 2.13. The quantitative estimate of drug-likeness (QED) is 0.659. The molecule has 0 aliphatic carbocycles. The number of nitrogens with zero attached hydrogens (tertiary/aromatic N) is 1. The number of ether oxygens (including phenoxy) is 1. The van der Waals surface area contributed by atoms with Gasteiger partial charge in [-0.3, -0.25) is 14.6 Å². The van der Waals surface area contributed by atoms with Crippen LogP contribution in [0.2, 0.25) is 5.02 Å². The molecule has 2 N–H and O–H groups in total. The second kappa shape index (κ2) is 8.71. The number of aryl methyl sites for hydroxylation is 1. The van der Waals surface area contributed by atoms with E-state index in [0.29, 0.717) is 28.6 Å². The molecule has 0 aliphatic heterocycles. The number of benzene rings is 2. The summed E-state index contributed by atoms with van der Waals surface area (Å²) in [7, 11) is 0. The molecular weight excluding hydrogens is 378 g/mol. The van der Waals surface area contributed by atoms with Crippen LogP contribution in [0.5, 0.6) is 5.75 Å². The summed E-state index contributed by atoms with van der Waals surface area (Å²) >= 11 is 6.01. The van der Waals surface area contributed by atoms with E-state index in [9.17, 15) is 9.59 Å². The number of hydrogen-bond donors (Lipinski definition) is 2. The van der Waals surface area contributed by atoms with Crippen molar-refractivity contribution in [2.75, 3.05) is 18.5 Å². The summed E-state index contributed by atoms with van der Waals surface area (Å²) in [5.74, 6) is 0.0360. The van der Waals surface area contributed by atoms with Gasteiger partial charge in [0.05, 0.1) is 29.9 Å². The van der Waals surface area contributed by atoms with E-state index in [1.807, 2.05) is 6.92 Å². The van der Waals surface area contributed by atoms with Gasteiger partial charge in [0, 0.05) is 16.1 Å². The van der Waals surface area contributed by atoms with E-state index < -0.39 is 0 Å². The van der Waals surface area contributed by atoms with Crippen LogP contribution in [0.1, 0.15) is 23.0 Å². The fraction of sp³-hybridized carbons (Fsp3) is 0.190. The SMILES string of the molecule is CCOc1ccc(NC(=O)CNC(=O)c2cc3cc(Cl)ccc3nc2C)cc1. The van der Waals surface area contributed by atoms with Crippen LogP contribution in [-0.4, -0.2) is 29.9 Å². The summed E-state index contributed by atoms with van der Waals surface area (Å²) in [4.78, 5) is 29.0. The highest BCUT2D eigenvalue weighted by atomic mass is 35.5. The van der Waals surface area contributed by atoms with E-state index in [1.54, 1.807) is 55.5 Å². The van der Waals surface area contributed by atoms with E-state index in [0.717, 1.165) is 16.7 Å². The molecule has 144 valence electrons. The van der Waals surface area contributed by atoms with Crippen LogP contribution in [0.15, 0.2) is 48.5 Å². The van der Waals surface area contributed by atoms with Gasteiger partial charge >= 0.3 is 0 Å². The lowest BCUT2D eigenvalue weighted by Crippen LogP contribution is -2.33. The molecule has 2 aromatic carbocycles. The average molecular weight is 398 g/mol. The van der Waals surface area contributed by atoms with Gasteiger partial charge in [-0.1, -0.05) is 11.6 Å². The van der Waals surface area contributed by atoms with Crippen LogP contribution in [0.3, 0.4) is 0 Å². The lowest BCUT2D eigenvalue weighted by molar-refractivity contribution is -0.115. The third-order valence-electron chi connectivity index (χ3n) is 4.07. The van der Waals surface area contributed by atoms with E-state index >= 15 is 0 Å². The number of anilines is 1. The molecule has 0 spiro atoms. The lowest BCUT2D eigenvalue weighted by atomic mass is 10.1. The molecule has 0 bridgehead atoms. The predicted molar refractivity (Wildman–Crippen MR) is 110 cm³/mol. The minimum absolute atomic E-state index is 0.154. The third-order valence-corrected chi connectivity index (χ3v) is 4.31. The van der Waals surface area contributed by atoms with E-state index in [2.05, 4.69) is 15.6 Å². The van der Waals surface area contributed by atoms with Gasteiger partial charge in [-0.2, -0.15) is 0 Å². The van der Waals surface area contributed by atoms with E-state index in [4.69, 9.17) is 16.3 Å². The monoisotopic (exact) mass is 397 g/mol. The molecule has 6 nitrogen and oxygen atoms in total. The Hall–Kier alpha value is -3.12. The molecule has 0 saturated heterocycles. The van der Waals surface area contributed by atoms with Gasteiger partial charge < -0.3 is 15.4 Å². The summed E-state index contributed by atoms with van der Waals surface area (Å²) in [6, 6.07) is 14.1. The Bertz CT molecular complexity index is 1020. The summed E-state index contributed by atoms with van der Waals surface area (Å²) in [5, 5.41) is 6.68. The van der Waals surface area contributed by atoms with Crippen LogP contribution in [0.25, 0.3) is 10.9 Å². The van der Waals surface area contributed by atoms with Crippen molar-refractivity contribution >= 4 is 40.0 Å². The minimum atomic E-state index is -0.367. The van der Waals surface area contributed by atoms with Crippen molar-refractivity contribution < 1.29 is 14.3 Å². The first-order valence-corrected chi connectivity index (χ1v) is 9.22. The zero-order chi connectivity index (χ0) is 20.1. The Morgan fingerprint density at radius 2 is 1.86 bits per heavy atom. The number of fused-ring (bicyclic) bond motifs is 1. The number of carbonyl (C=O) groups excluding carboxylic acids is 2. The topological polar surface area (TPSA) is 80.3 Å². The maximum absolute atomic E-state index is 12.5. The van der Waals surface area contributed by atoms with Gasteiger partial charge in [-0.05, 0) is 62.4 Å². The second-order valence-corrected chi connectivity index (χ2v) is 6.58. The molecule has 3 aromatic rings. The van der Waals surface area contributed by atoms with Crippen LogP contribution >= 0.6 is 11.6 Å². The van der Waals surface area contributed by atoms with Gasteiger partial charge in [0.1, 0.15) is 5.75 Å². The second-order valence-electron chi connectivity index (χ2n) is 6.15. The summed E-state index contributed by atoms with van der Waals surface area (Å²) in [5.41, 5.74) is 2.37. The highest BCUT2D eigenvalue weighted by Crippen LogP contribution is 2.20. The van der Waals surface area contributed by atoms with Crippen molar-refractivity contribution in [3.63, 3.8) is 0 Å². The molecule has 3 rings (SSSR count). The van der Waals surface area contributed by atoms with Gasteiger partial charge in [-0.15, -0.1) is 0 Å². The molecule has 0 aliphatic rings. The van der Waals surface area contributed by atoms with Crippen molar-refractivity contribution in [1.82, 2.24) is 10.3 Å². The molecule has 1 aromatic heterocycles. The normalized spacial score (nSPS) is 10.5. The van der Waals surface area contributed by atoms with E-state index in [-0.39, 0.29) is 18.4 Å². The van der Waals surface area contributed by atoms with Crippen molar-refractivity contribution in [3.8, 4) is 5.75 Å². The molecule has 2 amide bonds. The smallest absolute Gasteiger partial charge is 0.253 e. The Morgan fingerprint density at radius 1 is 1.11 bits per heavy atom. The Balaban J connectivity index is 1.62. The van der Waals surface area contributed by atoms with Crippen LogP contribution < -0.4 is 15.4 Å². The fourth-order valence-electron chi connectivity index (χ4n) is 2.74. The maximum Gasteiger partial charge on any atom is 0.253 e. The molecule has 0 atom stereocenters. The number of carbonyl (C=O) groups is 2. The summed E-state index contributed by atoms with van der Waals surface area (Å²) in [6.45, 7) is 4.08. The minimum Gasteiger partial charge on any atom is -0.494 e. The number of rotatable bonds is 6. The fourth-order valence-corrected chi connectivity index (χ4v) is 2.92. The highest BCUT2D eigenvalue weighted by molar-refractivity contribution is 6.31. The number of amides is 2. The van der Waals surface area contributed by atoms with Gasteiger partial charge in [0.15, 0.2) is 0 Å². The van der Waals surface area contributed by atoms with Crippen LogP contribution in [0.4, 0.5) is 5.69 Å². The third kappa shape index (κ3) is 4.78. The first kappa shape index (κ1) is 19.6. The number of nitrogens with one attached hydrogen (secondary N) is 2. The van der Waals surface area contributed by atoms with Crippen molar-refractivity contribution in [1.29, 1.82) is 0 Å². The summed E-state index contributed by atoms with van der Waals surface area (Å²) in [6.07, 6.45) is 0. The van der Waals surface area contributed by atoms with Gasteiger partial charge in [0.25, 0.3) is 5.91 Å². The Kier molecular flexibility index (Phi) is 6.11. The number of pyridine rings is 1. The number of hydrogen-bond acceptors (Lipinski definition) is 4. The average Bonchev–Trinajstić information content (AvgIpc) is 2.67. The molecule has 1 heterocycles. The van der Waals surface area contributed by atoms with Crippen LogP contribution in [-0.2, 0) is 4.79 Å². The van der Waals surface area contributed by atoms with Gasteiger partial charge in [-0.25, -0.2) is 0 Å². The Morgan fingerprint density at radius 3 is 2.57 bits per heavy atom. The van der Waals surface area contributed by atoms with Crippen molar-refractivity contribution in [2.45, 2.75) is 13.8 Å². The number of halogens is 1.